The lowest BCUT2D eigenvalue weighted by Gasteiger charge is -2.09. The molecule has 0 atom stereocenters. The van der Waals surface area contributed by atoms with E-state index in [2.05, 4.69) is 25.0 Å². The molecular formula is C20H17N5O2S. The quantitative estimate of drug-likeness (QED) is 0.321. The molecule has 4 rings (SSSR count). The Hall–Kier alpha value is -3.52. The Balaban J connectivity index is 1.53. The zero-order valence-corrected chi connectivity index (χ0v) is 15.8. The predicted molar refractivity (Wildman–Crippen MR) is 111 cm³/mol. The smallest absolute Gasteiger partial charge is 0.212 e. The lowest BCUT2D eigenvalue weighted by molar-refractivity contribution is -0.105. The molecule has 0 saturated heterocycles. The number of anilines is 2. The average Bonchev–Trinajstić information content (AvgIpc) is 3.21. The first-order chi connectivity index (χ1) is 13.8. The van der Waals surface area contributed by atoms with Crippen LogP contribution in [0.2, 0.25) is 0 Å². The topological polar surface area (TPSA) is 91.9 Å². The van der Waals surface area contributed by atoms with Crippen LogP contribution in [0.25, 0.3) is 22.2 Å². The SMILES string of the molecule is COc1ccc(SNc2ccc(-c3cc(NC=O)nc4[nH]ccc34)cc2)cn1. The summed E-state index contributed by atoms with van der Waals surface area (Å²) in [6.07, 6.45) is 4.21. The lowest BCUT2D eigenvalue weighted by Crippen LogP contribution is -1.97. The van der Waals surface area contributed by atoms with E-state index in [1.54, 1.807) is 13.3 Å². The van der Waals surface area contributed by atoms with Crippen LogP contribution in [0.3, 0.4) is 0 Å². The van der Waals surface area contributed by atoms with Crippen molar-refractivity contribution in [1.82, 2.24) is 15.0 Å². The lowest BCUT2D eigenvalue weighted by atomic mass is 10.0. The van der Waals surface area contributed by atoms with Crippen molar-refractivity contribution in [1.29, 1.82) is 0 Å². The number of aromatic amines is 1. The molecule has 7 nitrogen and oxygen atoms in total. The van der Waals surface area contributed by atoms with Gasteiger partial charge in [-0.15, -0.1) is 0 Å². The van der Waals surface area contributed by atoms with Crippen molar-refractivity contribution < 1.29 is 9.53 Å². The first kappa shape index (κ1) is 17.9. The van der Waals surface area contributed by atoms with Gasteiger partial charge in [-0.2, -0.15) is 0 Å². The van der Waals surface area contributed by atoms with Gasteiger partial charge in [0.15, 0.2) is 0 Å². The van der Waals surface area contributed by atoms with Crippen LogP contribution in [0.4, 0.5) is 11.5 Å². The second kappa shape index (κ2) is 8.01. The zero-order valence-electron chi connectivity index (χ0n) is 15.0. The van der Waals surface area contributed by atoms with Gasteiger partial charge in [0.25, 0.3) is 0 Å². The number of nitrogens with zero attached hydrogens (tertiary/aromatic N) is 2. The standard InChI is InChI=1S/C20H17N5O2S/c1-27-19-7-6-15(11-22-19)28-25-14-4-2-13(3-5-14)17-10-18(23-12-26)24-20-16(17)8-9-21-20/h2-12,25H,1H3,(H2,21,23,24,26). The Bertz CT molecular complexity index is 1090. The number of methoxy groups -OCH3 is 1. The number of ether oxygens (including phenoxy) is 1. The van der Waals surface area contributed by atoms with Crippen LogP contribution in [-0.2, 0) is 4.79 Å². The van der Waals surface area contributed by atoms with Crippen molar-refractivity contribution in [3.05, 3.63) is 60.9 Å². The Kier molecular flexibility index (Phi) is 5.11. The zero-order chi connectivity index (χ0) is 19.3. The van der Waals surface area contributed by atoms with Crippen molar-refractivity contribution in [2.24, 2.45) is 0 Å². The third kappa shape index (κ3) is 3.77. The highest BCUT2D eigenvalue weighted by molar-refractivity contribution is 8.00. The van der Waals surface area contributed by atoms with E-state index in [4.69, 9.17) is 4.74 Å². The van der Waals surface area contributed by atoms with Crippen molar-refractivity contribution in [2.45, 2.75) is 4.90 Å². The minimum atomic E-state index is 0.504. The Morgan fingerprint density at radius 1 is 1.14 bits per heavy atom. The van der Waals surface area contributed by atoms with Gasteiger partial charge in [0.05, 0.1) is 7.11 Å². The molecule has 0 fully saturated rings. The summed E-state index contributed by atoms with van der Waals surface area (Å²) in [5.74, 6) is 1.09. The van der Waals surface area contributed by atoms with Gasteiger partial charge >= 0.3 is 0 Å². The van der Waals surface area contributed by atoms with E-state index in [9.17, 15) is 4.79 Å². The molecule has 1 amide bonds. The minimum Gasteiger partial charge on any atom is -0.481 e. The molecule has 140 valence electrons. The maximum Gasteiger partial charge on any atom is 0.212 e. The summed E-state index contributed by atoms with van der Waals surface area (Å²) in [7, 11) is 1.59. The summed E-state index contributed by atoms with van der Waals surface area (Å²) >= 11 is 1.48. The van der Waals surface area contributed by atoms with Crippen LogP contribution in [-0.4, -0.2) is 28.5 Å². The molecule has 0 aliphatic rings. The van der Waals surface area contributed by atoms with E-state index < -0.39 is 0 Å². The monoisotopic (exact) mass is 391 g/mol. The number of benzene rings is 1. The highest BCUT2D eigenvalue weighted by Crippen LogP contribution is 2.31. The van der Waals surface area contributed by atoms with Crippen LogP contribution in [0.5, 0.6) is 5.88 Å². The molecule has 0 aliphatic heterocycles. The molecule has 4 aromatic rings. The number of H-pyrrole nitrogens is 1. The van der Waals surface area contributed by atoms with Gasteiger partial charge in [-0.1, -0.05) is 12.1 Å². The van der Waals surface area contributed by atoms with Crippen molar-refractivity contribution in [2.75, 3.05) is 17.1 Å². The fourth-order valence-electron chi connectivity index (χ4n) is 2.79. The summed E-state index contributed by atoms with van der Waals surface area (Å²) < 4.78 is 8.36. The van der Waals surface area contributed by atoms with Crippen LogP contribution in [0, 0.1) is 0 Å². The van der Waals surface area contributed by atoms with Crippen LogP contribution >= 0.6 is 11.9 Å². The second-order valence-corrected chi connectivity index (χ2v) is 6.75. The molecule has 3 aromatic heterocycles. The molecule has 0 aliphatic carbocycles. The number of pyridine rings is 2. The molecule has 3 N–H and O–H groups in total. The Morgan fingerprint density at radius 2 is 2.00 bits per heavy atom. The van der Waals surface area contributed by atoms with Gasteiger partial charge in [0, 0.05) is 34.4 Å². The fraction of sp³-hybridized carbons (Fsp3) is 0.0500. The fourth-order valence-corrected chi connectivity index (χ4v) is 3.41. The number of carbonyl (C=O) groups excluding carboxylic acids is 1. The first-order valence-electron chi connectivity index (χ1n) is 8.48. The maximum atomic E-state index is 10.8. The number of hydrogen-bond acceptors (Lipinski definition) is 6. The van der Waals surface area contributed by atoms with Gasteiger partial charge < -0.3 is 19.8 Å². The largest absolute Gasteiger partial charge is 0.481 e. The first-order valence-corrected chi connectivity index (χ1v) is 9.30. The number of nitrogens with one attached hydrogen (secondary N) is 3. The van der Waals surface area contributed by atoms with Crippen molar-refractivity contribution in [3.63, 3.8) is 0 Å². The third-order valence-electron chi connectivity index (χ3n) is 4.14. The number of carbonyl (C=O) groups is 1. The summed E-state index contributed by atoms with van der Waals surface area (Å²) in [6.45, 7) is 0. The highest BCUT2D eigenvalue weighted by Gasteiger charge is 2.09. The van der Waals surface area contributed by atoms with Crippen LogP contribution < -0.4 is 14.8 Å². The van der Waals surface area contributed by atoms with Gasteiger partial charge in [0.1, 0.15) is 11.5 Å². The second-order valence-electron chi connectivity index (χ2n) is 5.87. The Labute approximate surface area is 165 Å². The van der Waals surface area contributed by atoms with E-state index in [0.29, 0.717) is 18.1 Å². The van der Waals surface area contributed by atoms with E-state index in [1.807, 2.05) is 54.7 Å². The summed E-state index contributed by atoms with van der Waals surface area (Å²) in [4.78, 5) is 23.4. The minimum absolute atomic E-state index is 0.504. The van der Waals surface area contributed by atoms with Crippen molar-refractivity contribution >= 4 is 40.9 Å². The highest BCUT2D eigenvalue weighted by atomic mass is 32.2. The maximum absolute atomic E-state index is 10.8. The predicted octanol–water partition coefficient (Wildman–Crippen LogP) is 4.32. The molecule has 3 heterocycles. The third-order valence-corrected chi connectivity index (χ3v) is 4.95. The average molecular weight is 391 g/mol. The van der Waals surface area contributed by atoms with Gasteiger partial charge in [-0.05, 0) is 53.4 Å². The molecule has 28 heavy (non-hydrogen) atoms. The van der Waals surface area contributed by atoms with Gasteiger partial charge in [0.2, 0.25) is 12.3 Å². The van der Waals surface area contributed by atoms with E-state index >= 15 is 0 Å². The molecular weight excluding hydrogens is 374 g/mol. The number of rotatable bonds is 7. The van der Waals surface area contributed by atoms with Crippen molar-refractivity contribution in [3.8, 4) is 17.0 Å². The number of hydrogen-bond donors (Lipinski definition) is 3. The van der Waals surface area contributed by atoms with Crippen LogP contribution in [0.15, 0.2) is 65.8 Å². The molecule has 8 heteroatoms. The van der Waals surface area contributed by atoms with E-state index in [0.717, 1.165) is 32.7 Å². The summed E-state index contributed by atoms with van der Waals surface area (Å²) in [6, 6.07) is 15.7. The summed E-state index contributed by atoms with van der Waals surface area (Å²) in [5.41, 5.74) is 3.72. The summed E-state index contributed by atoms with van der Waals surface area (Å²) in [5, 5.41) is 3.61. The number of amides is 1. The van der Waals surface area contributed by atoms with Crippen LogP contribution in [0.1, 0.15) is 0 Å². The molecule has 0 spiro atoms. The Morgan fingerprint density at radius 3 is 2.71 bits per heavy atom. The molecule has 0 unspecified atom stereocenters. The molecule has 1 aromatic carbocycles. The van der Waals surface area contributed by atoms with Gasteiger partial charge in [-0.25, -0.2) is 9.97 Å². The number of aromatic nitrogens is 3. The number of fused-ring (bicyclic) bond motifs is 1. The van der Waals surface area contributed by atoms with E-state index in [1.165, 1.54) is 11.9 Å². The molecule has 0 radical (unpaired) electrons. The van der Waals surface area contributed by atoms with Gasteiger partial charge in [-0.3, -0.25) is 4.79 Å². The molecule has 0 saturated carbocycles. The normalized spacial score (nSPS) is 10.6. The van der Waals surface area contributed by atoms with E-state index in [-0.39, 0.29) is 0 Å². The molecule has 0 bridgehead atoms.